The van der Waals surface area contributed by atoms with Crippen molar-refractivity contribution in [2.45, 2.75) is 18.5 Å². The molecule has 0 aliphatic rings. The van der Waals surface area contributed by atoms with Crippen LogP contribution in [-0.4, -0.2) is 10.0 Å². The summed E-state index contributed by atoms with van der Waals surface area (Å²) < 4.78 is 0. The van der Waals surface area contributed by atoms with Crippen molar-refractivity contribution in [3.8, 4) is 5.75 Å². The average molecular weight is 374 g/mol. The fourth-order valence-corrected chi connectivity index (χ4v) is 3.30. The topological polar surface area (TPSA) is 75.4 Å². The molecular weight excluding hydrogens is 352 g/mol. The maximum absolute atomic E-state index is 11.2. The van der Waals surface area contributed by atoms with E-state index in [4.69, 9.17) is 0 Å². The monoisotopic (exact) mass is 374 g/mol. The highest BCUT2D eigenvalue weighted by atomic mass is 16.6. The van der Waals surface area contributed by atoms with E-state index in [9.17, 15) is 15.2 Å². The van der Waals surface area contributed by atoms with Crippen molar-refractivity contribution in [3.63, 3.8) is 0 Å². The van der Waals surface area contributed by atoms with Crippen molar-refractivity contribution in [2.24, 2.45) is 0 Å². The van der Waals surface area contributed by atoms with Crippen LogP contribution in [0.3, 0.4) is 0 Å². The number of non-ortho nitro benzene ring substituents is 1. The molecule has 3 aromatic rings. The van der Waals surface area contributed by atoms with Crippen LogP contribution in [-0.2, 0) is 6.54 Å². The number of nitro groups is 1. The summed E-state index contributed by atoms with van der Waals surface area (Å²) in [5.74, 6) is 0.0421. The number of hydrogen-bond acceptors (Lipinski definition) is 4. The highest BCUT2D eigenvalue weighted by molar-refractivity contribution is 5.40. The van der Waals surface area contributed by atoms with Gasteiger partial charge in [-0.1, -0.05) is 66.7 Å². The third-order valence-corrected chi connectivity index (χ3v) is 4.74. The minimum atomic E-state index is -0.392. The smallest absolute Gasteiger partial charge is 0.269 e. The van der Waals surface area contributed by atoms with Gasteiger partial charge in [0.05, 0.1) is 4.92 Å². The molecule has 0 fully saturated rings. The van der Waals surface area contributed by atoms with Crippen LogP contribution in [0.1, 0.15) is 28.7 Å². The quantitative estimate of drug-likeness (QED) is 0.327. The molecule has 0 unspecified atom stereocenters. The summed E-state index contributed by atoms with van der Waals surface area (Å²) in [6.07, 6.45) is 1.80. The lowest BCUT2D eigenvalue weighted by Gasteiger charge is -2.27. The van der Waals surface area contributed by atoms with Gasteiger partial charge in [0.1, 0.15) is 5.75 Å². The highest BCUT2D eigenvalue weighted by Gasteiger charge is 2.23. The highest BCUT2D eigenvalue weighted by Crippen LogP contribution is 2.34. The number of benzene rings is 3. The van der Waals surface area contributed by atoms with E-state index in [2.05, 4.69) is 11.9 Å². The van der Waals surface area contributed by atoms with Crippen molar-refractivity contribution in [1.29, 1.82) is 0 Å². The second-order valence-electron chi connectivity index (χ2n) is 6.51. The largest absolute Gasteiger partial charge is 0.508 e. The Morgan fingerprint density at radius 1 is 1.00 bits per heavy atom. The Bertz CT molecular complexity index is 957. The van der Waals surface area contributed by atoms with E-state index < -0.39 is 4.92 Å². The molecule has 0 aliphatic heterocycles. The second-order valence-corrected chi connectivity index (χ2v) is 6.51. The summed E-state index contributed by atoms with van der Waals surface area (Å²) in [6.45, 7) is 4.42. The van der Waals surface area contributed by atoms with Crippen molar-refractivity contribution < 1.29 is 10.0 Å². The van der Waals surface area contributed by atoms with Crippen LogP contribution >= 0.6 is 0 Å². The Balaban J connectivity index is 1.95. The molecule has 0 spiro atoms. The van der Waals surface area contributed by atoms with Gasteiger partial charge in [-0.3, -0.25) is 10.1 Å². The van der Waals surface area contributed by atoms with Crippen molar-refractivity contribution in [3.05, 3.63) is 118 Å². The van der Waals surface area contributed by atoms with Gasteiger partial charge < -0.3 is 10.4 Å². The Labute approximate surface area is 164 Å². The molecule has 2 N–H and O–H groups in total. The first-order valence-corrected chi connectivity index (χ1v) is 9.02. The lowest BCUT2D eigenvalue weighted by molar-refractivity contribution is -0.384. The molecule has 0 saturated carbocycles. The molecule has 0 amide bonds. The number of nitro benzene ring substituents is 1. The van der Waals surface area contributed by atoms with Crippen molar-refractivity contribution in [2.75, 3.05) is 0 Å². The van der Waals surface area contributed by atoms with Crippen LogP contribution in [0.15, 0.2) is 91.5 Å². The number of nitrogens with one attached hydrogen (secondary N) is 1. The fraction of sp³-hybridized carbons (Fsp3) is 0.130. The summed E-state index contributed by atoms with van der Waals surface area (Å²) >= 11 is 0. The maximum atomic E-state index is 11.2. The zero-order valence-corrected chi connectivity index (χ0v) is 15.4. The molecule has 142 valence electrons. The molecule has 3 rings (SSSR count). The molecular formula is C23H22N2O3. The van der Waals surface area contributed by atoms with E-state index in [1.165, 1.54) is 6.07 Å². The first-order chi connectivity index (χ1) is 13.6. The zero-order valence-electron chi connectivity index (χ0n) is 15.4. The minimum Gasteiger partial charge on any atom is -0.508 e. The van der Waals surface area contributed by atoms with E-state index in [-0.39, 0.29) is 23.4 Å². The van der Waals surface area contributed by atoms with Gasteiger partial charge in [0.2, 0.25) is 0 Å². The van der Waals surface area contributed by atoms with E-state index in [0.29, 0.717) is 6.54 Å². The molecule has 2 atom stereocenters. The number of para-hydroxylation sites is 1. The molecule has 0 aromatic heterocycles. The summed E-state index contributed by atoms with van der Waals surface area (Å²) in [5.41, 5.74) is 2.68. The fourth-order valence-electron chi connectivity index (χ4n) is 3.30. The second kappa shape index (κ2) is 8.97. The Morgan fingerprint density at radius 3 is 2.36 bits per heavy atom. The van der Waals surface area contributed by atoms with Gasteiger partial charge in [-0.05, 0) is 17.2 Å². The summed E-state index contributed by atoms with van der Waals surface area (Å²) in [6, 6.07) is 23.5. The van der Waals surface area contributed by atoms with Crippen molar-refractivity contribution in [1.82, 2.24) is 5.32 Å². The van der Waals surface area contributed by atoms with Crippen LogP contribution in [0.5, 0.6) is 5.75 Å². The van der Waals surface area contributed by atoms with Gasteiger partial charge >= 0.3 is 0 Å². The van der Waals surface area contributed by atoms with E-state index in [0.717, 1.165) is 16.7 Å². The predicted molar refractivity (Wildman–Crippen MR) is 110 cm³/mol. The average Bonchev–Trinajstić information content (AvgIpc) is 2.73. The molecule has 28 heavy (non-hydrogen) atoms. The number of phenolic OH excluding ortho intramolecular Hbond substituents is 1. The van der Waals surface area contributed by atoms with E-state index >= 15 is 0 Å². The lowest BCUT2D eigenvalue weighted by atomic mass is 9.86. The van der Waals surface area contributed by atoms with Crippen molar-refractivity contribution >= 4 is 5.69 Å². The summed E-state index contributed by atoms with van der Waals surface area (Å²) in [7, 11) is 0. The molecule has 5 nitrogen and oxygen atoms in total. The number of rotatable bonds is 8. The van der Waals surface area contributed by atoms with Gasteiger partial charge in [0, 0.05) is 36.2 Å². The number of nitrogens with zero attached hydrogens (tertiary/aromatic N) is 1. The van der Waals surface area contributed by atoms with Crippen LogP contribution in [0, 0.1) is 10.1 Å². The SMILES string of the molecule is C=C[C@H](c1cccc([N+](=O)[O-])c1)[C@H](NCc1ccccc1O)c1ccccc1. The molecule has 5 heteroatoms. The Kier molecular flexibility index (Phi) is 6.19. The first-order valence-electron chi connectivity index (χ1n) is 9.02. The van der Waals surface area contributed by atoms with Gasteiger partial charge in [0.25, 0.3) is 5.69 Å². The predicted octanol–water partition coefficient (Wildman–Crippen LogP) is 5.10. The molecule has 0 radical (unpaired) electrons. The number of aromatic hydroxyl groups is 1. The van der Waals surface area contributed by atoms with Gasteiger partial charge in [-0.15, -0.1) is 6.58 Å². The number of hydrogen-bond donors (Lipinski definition) is 2. The number of phenols is 1. The lowest BCUT2D eigenvalue weighted by Crippen LogP contribution is -2.26. The summed E-state index contributed by atoms with van der Waals surface area (Å²) in [4.78, 5) is 10.8. The third-order valence-electron chi connectivity index (χ3n) is 4.74. The van der Waals surface area contributed by atoms with E-state index in [1.54, 1.807) is 30.3 Å². The maximum Gasteiger partial charge on any atom is 0.269 e. The molecule has 3 aromatic carbocycles. The molecule has 0 aliphatic carbocycles. The van der Waals surface area contributed by atoms with Gasteiger partial charge in [-0.25, -0.2) is 0 Å². The third kappa shape index (κ3) is 4.45. The van der Waals surface area contributed by atoms with Crippen LogP contribution in [0.4, 0.5) is 5.69 Å². The van der Waals surface area contributed by atoms with Crippen LogP contribution in [0.2, 0.25) is 0 Å². The molecule has 0 saturated heterocycles. The Hall–Kier alpha value is -3.44. The minimum absolute atomic E-state index is 0.0527. The van der Waals surface area contributed by atoms with Gasteiger partial charge in [-0.2, -0.15) is 0 Å². The van der Waals surface area contributed by atoms with Gasteiger partial charge in [0.15, 0.2) is 0 Å². The van der Waals surface area contributed by atoms with E-state index in [1.807, 2.05) is 48.5 Å². The van der Waals surface area contributed by atoms with Crippen LogP contribution < -0.4 is 5.32 Å². The normalized spacial score (nSPS) is 12.9. The standard InChI is InChI=1S/C23H22N2O3/c1-2-21(18-12-8-13-20(15-18)25(27)28)23(17-9-4-3-5-10-17)24-16-19-11-6-7-14-22(19)26/h2-15,21,23-24,26H,1,16H2/t21-,23-/m1/s1. The molecule has 0 bridgehead atoms. The first kappa shape index (κ1) is 19.3. The van der Waals surface area contributed by atoms with Crippen LogP contribution in [0.25, 0.3) is 0 Å². The Morgan fingerprint density at radius 2 is 1.68 bits per heavy atom. The summed E-state index contributed by atoms with van der Waals surface area (Å²) in [5, 5.41) is 24.7. The molecule has 0 heterocycles. The zero-order chi connectivity index (χ0) is 19.9.